The molecule has 49 heavy (non-hydrogen) atoms. The number of hydrogen-bond acceptors (Lipinski definition) is 4. The van der Waals surface area contributed by atoms with Crippen LogP contribution < -0.4 is 10.6 Å². The smallest absolute Gasteiger partial charge is 0.407 e. The van der Waals surface area contributed by atoms with Crippen molar-refractivity contribution in [2.45, 2.75) is 16.7 Å². The van der Waals surface area contributed by atoms with Gasteiger partial charge in [-0.05, 0) is 51.1 Å². The van der Waals surface area contributed by atoms with Gasteiger partial charge in [0.2, 0.25) is 5.91 Å². The fourth-order valence-corrected chi connectivity index (χ4v) is 8.25. The van der Waals surface area contributed by atoms with Crippen molar-refractivity contribution in [3.8, 4) is 11.1 Å². The Balaban J connectivity index is 1.18. The van der Waals surface area contributed by atoms with Crippen LogP contribution in [0.25, 0.3) is 11.1 Å². The second-order valence-electron chi connectivity index (χ2n) is 12.0. The van der Waals surface area contributed by atoms with Crippen LogP contribution >= 0.6 is 11.8 Å². The first-order valence-electron chi connectivity index (χ1n) is 16.4. The van der Waals surface area contributed by atoms with Crippen LogP contribution in [0.4, 0.5) is 10.5 Å². The quantitative estimate of drug-likeness (QED) is 0.136. The molecule has 0 radical (unpaired) electrons. The minimum atomic E-state index is -0.906. The Hall–Kier alpha value is -5.59. The lowest BCUT2D eigenvalue weighted by molar-refractivity contribution is -0.117. The van der Waals surface area contributed by atoms with E-state index in [9.17, 15) is 9.59 Å². The largest absolute Gasteiger partial charge is 0.449 e. The zero-order valence-electron chi connectivity index (χ0n) is 26.9. The van der Waals surface area contributed by atoms with Crippen molar-refractivity contribution in [2.24, 2.45) is 0 Å². The van der Waals surface area contributed by atoms with E-state index in [0.29, 0.717) is 5.69 Å². The van der Waals surface area contributed by atoms with Gasteiger partial charge in [0.15, 0.2) is 0 Å². The number of benzene rings is 6. The summed E-state index contributed by atoms with van der Waals surface area (Å²) in [6, 6.07) is 55.7. The van der Waals surface area contributed by atoms with Gasteiger partial charge in [-0.25, -0.2) is 4.79 Å². The third-order valence-corrected chi connectivity index (χ3v) is 10.6. The molecular weight excluding hydrogens is 625 g/mol. The minimum absolute atomic E-state index is 0.0917. The van der Waals surface area contributed by atoms with Gasteiger partial charge in [0.05, 0.1) is 4.75 Å². The summed E-state index contributed by atoms with van der Waals surface area (Å²) in [5.41, 5.74) is 8.43. The molecule has 1 unspecified atom stereocenters. The number of amides is 2. The molecule has 2 amide bonds. The molecule has 0 saturated carbocycles. The Labute approximate surface area is 291 Å². The van der Waals surface area contributed by atoms with Gasteiger partial charge >= 0.3 is 6.09 Å². The van der Waals surface area contributed by atoms with E-state index in [0.717, 1.165) is 38.9 Å². The van der Waals surface area contributed by atoms with Gasteiger partial charge in [-0.1, -0.05) is 158 Å². The van der Waals surface area contributed by atoms with Crippen molar-refractivity contribution in [1.29, 1.82) is 0 Å². The lowest BCUT2D eigenvalue weighted by atomic mass is 9.84. The number of hydrogen-bond donors (Lipinski definition) is 2. The van der Waals surface area contributed by atoms with E-state index in [1.807, 2.05) is 109 Å². The molecule has 1 atom stereocenters. The normalized spacial score (nSPS) is 12.7. The van der Waals surface area contributed by atoms with Crippen molar-refractivity contribution in [3.05, 3.63) is 198 Å². The van der Waals surface area contributed by atoms with E-state index in [1.54, 1.807) is 11.8 Å². The number of alkyl carbamates (subject to hydrolysis) is 1. The maximum atomic E-state index is 14.0. The molecule has 7 rings (SSSR count). The third kappa shape index (κ3) is 6.73. The van der Waals surface area contributed by atoms with Crippen molar-refractivity contribution in [1.82, 2.24) is 5.32 Å². The standard InChI is InChI=1S/C43H36N2O3S/c46-41(44-34-23-11-4-12-24-34)40(45-42(47)48-29-39-37-27-15-13-25-35(37)36-26-14-16-28-38(36)39)30-49-43(31-17-5-1-6-18-31,32-19-7-2-8-20-32)33-21-9-3-10-22-33/h1-28,39-40H,29-30H2,(H,44,46)(H,45,47). The Kier molecular flexibility index (Phi) is 9.57. The predicted molar refractivity (Wildman–Crippen MR) is 199 cm³/mol. The molecule has 2 N–H and O–H groups in total. The van der Waals surface area contributed by atoms with Gasteiger partial charge in [0.25, 0.3) is 0 Å². The molecule has 6 heteroatoms. The molecule has 242 valence electrons. The lowest BCUT2D eigenvalue weighted by Crippen LogP contribution is -2.47. The minimum Gasteiger partial charge on any atom is -0.449 e. The fourth-order valence-electron chi connectivity index (χ4n) is 6.69. The monoisotopic (exact) mass is 660 g/mol. The van der Waals surface area contributed by atoms with Crippen molar-refractivity contribution in [3.63, 3.8) is 0 Å². The molecule has 6 aromatic rings. The molecule has 0 spiro atoms. The SMILES string of the molecule is O=C(NC(CSC(c1ccccc1)(c1ccccc1)c1ccccc1)C(=O)Nc1ccccc1)OCC1c2ccccc2-c2ccccc21. The van der Waals surface area contributed by atoms with E-state index < -0.39 is 16.9 Å². The molecule has 1 aliphatic carbocycles. The van der Waals surface area contributed by atoms with Crippen LogP contribution in [0, 0.1) is 0 Å². The van der Waals surface area contributed by atoms with Crippen LogP contribution in [0.3, 0.4) is 0 Å². The summed E-state index contributed by atoms with van der Waals surface area (Å²) < 4.78 is 5.25. The van der Waals surface area contributed by atoms with Gasteiger partial charge in [0, 0.05) is 17.4 Å². The van der Waals surface area contributed by atoms with Gasteiger partial charge in [-0.15, -0.1) is 11.8 Å². The second-order valence-corrected chi connectivity index (χ2v) is 13.2. The molecule has 0 bridgehead atoms. The van der Waals surface area contributed by atoms with E-state index >= 15 is 0 Å². The van der Waals surface area contributed by atoms with Crippen LogP contribution in [-0.4, -0.2) is 30.4 Å². The van der Waals surface area contributed by atoms with Crippen molar-refractivity contribution in [2.75, 3.05) is 17.7 Å². The first-order valence-corrected chi connectivity index (χ1v) is 17.4. The molecule has 6 aromatic carbocycles. The molecule has 0 heterocycles. The number of nitrogens with one attached hydrogen (secondary N) is 2. The van der Waals surface area contributed by atoms with Crippen LogP contribution in [0.1, 0.15) is 33.7 Å². The highest BCUT2D eigenvalue weighted by Crippen LogP contribution is 2.49. The summed E-state index contributed by atoms with van der Waals surface area (Å²) in [6.07, 6.45) is -0.639. The molecule has 0 saturated heterocycles. The van der Waals surface area contributed by atoms with E-state index in [2.05, 4.69) is 71.3 Å². The maximum absolute atomic E-state index is 14.0. The number of anilines is 1. The number of thioether (sulfide) groups is 1. The van der Waals surface area contributed by atoms with Crippen LogP contribution in [0.2, 0.25) is 0 Å². The zero-order valence-corrected chi connectivity index (χ0v) is 27.7. The first kappa shape index (κ1) is 32.0. The number of para-hydroxylation sites is 1. The van der Waals surface area contributed by atoms with Gasteiger partial charge in [0.1, 0.15) is 12.6 Å². The molecule has 0 aliphatic heterocycles. The van der Waals surface area contributed by atoms with Gasteiger partial charge in [-0.3, -0.25) is 4.79 Å². The summed E-state index contributed by atoms with van der Waals surface area (Å²) >= 11 is 1.61. The average molecular weight is 661 g/mol. The highest BCUT2D eigenvalue weighted by molar-refractivity contribution is 8.00. The molecule has 0 fully saturated rings. The van der Waals surface area contributed by atoms with Gasteiger partial charge < -0.3 is 15.4 Å². The van der Waals surface area contributed by atoms with Crippen LogP contribution in [0.15, 0.2) is 170 Å². The third-order valence-electron chi connectivity index (χ3n) is 9.00. The highest BCUT2D eigenvalue weighted by Gasteiger charge is 2.39. The molecule has 1 aliphatic rings. The number of fused-ring (bicyclic) bond motifs is 3. The summed E-state index contributed by atoms with van der Waals surface area (Å²) in [5, 5.41) is 5.95. The predicted octanol–water partition coefficient (Wildman–Crippen LogP) is 9.26. The summed E-state index contributed by atoms with van der Waals surface area (Å²) in [4.78, 5) is 27.6. The van der Waals surface area contributed by atoms with Crippen LogP contribution in [-0.2, 0) is 14.3 Å². The highest BCUT2D eigenvalue weighted by atomic mass is 32.2. The van der Waals surface area contributed by atoms with Crippen molar-refractivity contribution >= 4 is 29.4 Å². The topological polar surface area (TPSA) is 67.4 Å². The Morgan fingerprint density at radius 3 is 1.51 bits per heavy atom. The Morgan fingerprint density at radius 2 is 1.02 bits per heavy atom. The van der Waals surface area contributed by atoms with Gasteiger partial charge in [-0.2, -0.15) is 0 Å². The van der Waals surface area contributed by atoms with E-state index in [1.165, 1.54) is 0 Å². The average Bonchev–Trinajstić information content (AvgIpc) is 3.49. The van der Waals surface area contributed by atoms with Crippen LogP contribution in [0.5, 0.6) is 0 Å². The number of carbonyl (C=O) groups is 2. The fraction of sp³-hybridized carbons (Fsp3) is 0.116. The zero-order chi connectivity index (χ0) is 33.5. The summed E-state index contributed by atoms with van der Waals surface area (Å²) in [5.74, 6) is -0.150. The van der Waals surface area contributed by atoms with E-state index in [-0.39, 0.29) is 24.2 Å². The Bertz CT molecular complexity index is 1880. The number of ether oxygens (including phenoxy) is 1. The summed E-state index contributed by atoms with van der Waals surface area (Å²) in [7, 11) is 0. The summed E-state index contributed by atoms with van der Waals surface area (Å²) in [6.45, 7) is 0.155. The number of rotatable bonds is 11. The Morgan fingerprint density at radius 1 is 0.592 bits per heavy atom. The molecule has 5 nitrogen and oxygen atoms in total. The second kappa shape index (κ2) is 14.7. The van der Waals surface area contributed by atoms with Crippen molar-refractivity contribution < 1.29 is 14.3 Å². The number of carbonyl (C=O) groups excluding carboxylic acids is 2. The maximum Gasteiger partial charge on any atom is 0.407 e. The molecule has 0 aromatic heterocycles. The molecular formula is C43H36N2O3S. The lowest BCUT2D eigenvalue weighted by Gasteiger charge is -2.36. The van der Waals surface area contributed by atoms with E-state index in [4.69, 9.17) is 4.74 Å². The first-order chi connectivity index (χ1) is 24.1.